The van der Waals surface area contributed by atoms with Crippen molar-refractivity contribution < 1.29 is 0 Å². The second-order valence-electron chi connectivity index (χ2n) is 4.08. The highest BCUT2D eigenvalue weighted by Crippen LogP contribution is 2.25. The number of nitrogens with zero attached hydrogens (tertiary/aromatic N) is 1. The number of benzene rings is 1. The first-order valence-corrected chi connectivity index (χ1v) is 5.75. The summed E-state index contributed by atoms with van der Waals surface area (Å²) in [5, 5.41) is 0. The summed E-state index contributed by atoms with van der Waals surface area (Å²) in [6.45, 7) is 4.31. The van der Waals surface area contributed by atoms with Crippen LogP contribution in [0.2, 0.25) is 0 Å². The lowest BCUT2D eigenvalue weighted by atomic mass is 10.1. The van der Waals surface area contributed by atoms with Crippen LogP contribution in [0.4, 0.5) is 5.69 Å². The van der Waals surface area contributed by atoms with Crippen LogP contribution in [-0.4, -0.2) is 18.1 Å². The smallest absolute Gasteiger partial charge is 0.106 e. The third-order valence-electron chi connectivity index (χ3n) is 2.86. The molecule has 80 valence electrons. The highest BCUT2D eigenvalue weighted by Gasteiger charge is 2.16. The Labute approximate surface area is 96.1 Å². The molecular weight excluding hydrogens is 204 g/mol. The van der Waals surface area contributed by atoms with E-state index in [1.165, 1.54) is 24.1 Å². The van der Waals surface area contributed by atoms with Gasteiger partial charge in [0.05, 0.1) is 0 Å². The van der Waals surface area contributed by atoms with Gasteiger partial charge in [-0.3, -0.25) is 0 Å². The summed E-state index contributed by atoms with van der Waals surface area (Å²) in [6.07, 6.45) is 2.54. The Hall–Kier alpha value is -1.09. The van der Waals surface area contributed by atoms with Gasteiger partial charge in [-0.25, -0.2) is 0 Å². The Bertz CT molecular complexity index is 381. The third-order valence-corrected chi connectivity index (χ3v) is 3.08. The van der Waals surface area contributed by atoms with Crippen molar-refractivity contribution in [2.75, 3.05) is 18.0 Å². The van der Waals surface area contributed by atoms with E-state index in [-0.39, 0.29) is 0 Å². The first kappa shape index (κ1) is 10.4. The van der Waals surface area contributed by atoms with Crippen molar-refractivity contribution in [2.45, 2.75) is 19.8 Å². The molecular formula is C12H16N2S. The number of rotatable bonds is 2. The molecule has 15 heavy (non-hydrogen) atoms. The van der Waals surface area contributed by atoms with Crippen molar-refractivity contribution >= 4 is 22.9 Å². The highest BCUT2D eigenvalue weighted by atomic mass is 32.1. The van der Waals surface area contributed by atoms with E-state index in [9.17, 15) is 0 Å². The third kappa shape index (κ3) is 2.12. The Morgan fingerprint density at radius 3 is 2.60 bits per heavy atom. The predicted octanol–water partition coefficient (Wildman–Crippen LogP) is 2.23. The molecule has 1 aliphatic heterocycles. The molecule has 0 unspecified atom stereocenters. The summed E-state index contributed by atoms with van der Waals surface area (Å²) >= 11 is 5.10. The average Bonchev–Trinajstić information content (AvgIpc) is 2.70. The summed E-state index contributed by atoms with van der Waals surface area (Å²) in [6, 6.07) is 6.33. The van der Waals surface area contributed by atoms with Gasteiger partial charge in [0.1, 0.15) is 4.99 Å². The number of anilines is 1. The van der Waals surface area contributed by atoms with Gasteiger partial charge in [-0.2, -0.15) is 0 Å². The number of nitrogens with two attached hydrogens (primary N) is 1. The molecule has 1 saturated heterocycles. The van der Waals surface area contributed by atoms with E-state index in [0.717, 1.165) is 18.7 Å². The van der Waals surface area contributed by atoms with Crippen LogP contribution < -0.4 is 10.6 Å². The van der Waals surface area contributed by atoms with Crippen molar-refractivity contribution in [3.05, 3.63) is 29.3 Å². The van der Waals surface area contributed by atoms with E-state index in [1.807, 2.05) is 0 Å². The topological polar surface area (TPSA) is 29.3 Å². The molecule has 2 nitrogen and oxygen atoms in total. The van der Waals surface area contributed by atoms with Gasteiger partial charge < -0.3 is 10.6 Å². The first-order valence-electron chi connectivity index (χ1n) is 5.34. The molecule has 0 aromatic heterocycles. The number of thiocarbonyl (C=S) groups is 1. The van der Waals surface area contributed by atoms with Crippen molar-refractivity contribution in [2.24, 2.45) is 5.73 Å². The normalized spacial score (nSPS) is 15.7. The van der Waals surface area contributed by atoms with Crippen LogP contribution in [0, 0.1) is 6.92 Å². The highest BCUT2D eigenvalue weighted by molar-refractivity contribution is 7.80. The fourth-order valence-electron chi connectivity index (χ4n) is 2.08. The van der Waals surface area contributed by atoms with Crippen LogP contribution in [0.5, 0.6) is 0 Å². The standard InChI is InChI=1S/C12H16N2S/c1-9-4-5-11(10(8-9)12(13)15)14-6-2-3-7-14/h4-5,8H,2-3,6-7H2,1H3,(H2,13,15). The molecule has 1 fully saturated rings. The Morgan fingerprint density at radius 2 is 2.00 bits per heavy atom. The maximum atomic E-state index is 5.76. The zero-order valence-corrected chi connectivity index (χ0v) is 9.81. The van der Waals surface area contributed by atoms with Crippen LogP contribution in [0.15, 0.2) is 18.2 Å². The van der Waals surface area contributed by atoms with Gasteiger partial charge in [0.15, 0.2) is 0 Å². The van der Waals surface area contributed by atoms with Crippen LogP contribution in [0.1, 0.15) is 24.0 Å². The molecule has 1 aromatic carbocycles. The van der Waals surface area contributed by atoms with Crippen molar-refractivity contribution in [3.63, 3.8) is 0 Å². The summed E-state index contributed by atoms with van der Waals surface area (Å²) in [7, 11) is 0. The summed E-state index contributed by atoms with van der Waals surface area (Å²) < 4.78 is 0. The number of hydrogen-bond acceptors (Lipinski definition) is 2. The molecule has 0 radical (unpaired) electrons. The zero-order chi connectivity index (χ0) is 10.8. The summed E-state index contributed by atoms with van der Waals surface area (Å²) in [5.41, 5.74) is 9.18. The van der Waals surface area contributed by atoms with Crippen LogP contribution in [-0.2, 0) is 0 Å². The molecule has 0 atom stereocenters. The van der Waals surface area contributed by atoms with Gasteiger partial charge in [-0.1, -0.05) is 23.8 Å². The second kappa shape index (κ2) is 4.19. The molecule has 2 N–H and O–H groups in total. The van der Waals surface area contributed by atoms with Gasteiger partial charge in [0.25, 0.3) is 0 Å². The SMILES string of the molecule is Cc1ccc(N2CCCC2)c(C(N)=S)c1. The van der Waals surface area contributed by atoms with Crippen LogP contribution >= 0.6 is 12.2 Å². The molecule has 1 aliphatic rings. The minimum Gasteiger partial charge on any atom is -0.389 e. The first-order chi connectivity index (χ1) is 7.18. The van der Waals surface area contributed by atoms with E-state index in [4.69, 9.17) is 18.0 Å². The number of hydrogen-bond donors (Lipinski definition) is 1. The largest absolute Gasteiger partial charge is 0.389 e. The van der Waals surface area contributed by atoms with E-state index >= 15 is 0 Å². The van der Waals surface area contributed by atoms with E-state index in [2.05, 4.69) is 30.0 Å². The molecule has 0 saturated carbocycles. The van der Waals surface area contributed by atoms with Gasteiger partial charge in [0, 0.05) is 24.3 Å². The van der Waals surface area contributed by atoms with Gasteiger partial charge in [0.2, 0.25) is 0 Å². The minimum atomic E-state index is 0.501. The Balaban J connectivity index is 2.40. The maximum Gasteiger partial charge on any atom is 0.106 e. The van der Waals surface area contributed by atoms with E-state index < -0.39 is 0 Å². The average molecular weight is 220 g/mol. The Kier molecular flexibility index (Phi) is 2.91. The molecule has 2 rings (SSSR count). The fraction of sp³-hybridized carbons (Fsp3) is 0.417. The molecule has 1 aromatic rings. The summed E-state index contributed by atoms with van der Waals surface area (Å²) in [5.74, 6) is 0. The van der Waals surface area contributed by atoms with Gasteiger partial charge >= 0.3 is 0 Å². The lowest BCUT2D eigenvalue weighted by Crippen LogP contribution is -2.22. The maximum absolute atomic E-state index is 5.76. The van der Waals surface area contributed by atoms with E-state index in [1.54, 1.807) is 0 Å². The molecule has 0 amide bonds. The molecule has 0 spiro atoms. The summed E-state index contributed by atoms with van der Waals surface area (Å²) in [4.78, 5) is 2.87. The lowest BCUT2D eigenvalue weighted by molar-refractivity contribution is 0.949. The van der Waals surface area contributed by atoms with Gasteiger partial charge in [-0.05, 0) is 31.9 Å². The number of aryl methyl sites for hydroxylation is 1. The van der Waals surface area contributed by atoms with Crippen molar-refractivity contribution in [1.82, 2.24) is 0 Å². The lowest BCUT2D eigenvalue weighted by Gasteiger charge is -2.21. The minimum absolute atomic E-state index is 0.501. The van der Waals surface area contributed by atoms with Gasteiger partial charge in [-0.15, -0.1) is 0 Å². The predicted molar refractivity (Wildman–Crippen MR) is 68.5 cm³/mol. The zero-order valence-electron chi connectivity index (χ0n) is 8.99. The fourth-order valence-corrected chi connectivity index (χ4v) is 2.24. The quantitative estimate of drug-likeness (QED) is 0.775. The Morgan fingerprint density at radius 1 is 1.33 bits per heavy atom. The molecule has 1 heterocycles. The molecule has 0 aliphatic carbocycles. The van der Waals surface area contributed by atoms with Crippen LogP contribution in [0.3, 0.4) is 0 Å². The molecule has 3 heteroatoms. The molecule has 0 bridgehead atoms. The van der Waals surface area contributed by atoms with Crippen molar-refractivity contribution in [1.29, 1.82) is 0 Å². The van der Waals surface area contributed by atoms with Crippen LogP contribution in [0.25, 0.3) is 0 Å². The van der Waals surface area contributed by atoms with Crippen molar-refractivity contribution in [3.8, 4) is 0 Å². The van der Waals surface area contributed by atoms with E-state index in [0.29, 0.717) is 4.99 Å². The second-order valence-corrected chi connectivity index (χ2v) is 4.52. The monoisotopic (exact) mass is 220 g/mol.